The van der Waals surface area contributed by atoms with Crippen LogP contribution in [0.1, 0.15) is 42.5 Å². The zero-order valence-corrected chi connectivity index (χ0v) is 20.9. The Bertz CT molecular complexity index is 1100. The van der Waals surface area contributed by atoms with Gasteiger partial charge in [0.15, 0.2) is 0 Å². The van der Waals surface area contributed by atoms with E-state index >= 15 is 0 Å². The van der Waals surface area contributed by atoms with Crippen molar-refractivity contribution in [3.8, 4) is 0 Å². The molecule has 3 aromatic carbocycles. The summed E-state index contributed by atoms with van der Waals surface area (Å²) in [6, 6.07) is 24.5. The van der Waals surface area contributed by atoms with Crippen molar-refractivity contribution in [2.75, 3.05) is 0 Å². The summed E-state index contributed by atoms with van der Waals surface area (Å²) in [6.45, 7) is 6.32. The molecule has 0 aliphatic carbocycles. The Labute approximate surface area is 207 Å². The van der Waals surface area contributed by atoms with E-state index in [1.807, 2.05) is 99.6 Å². The fourth-order valence-corrected chi connectivity index (χ4v) is 4.11. The molecular formula is C29H33ClN2O2. The van der Waals surface area contributed by atoms with Crippen molar-refractivity contribution in [1.29, 1.82) is 0 Å². The van der Waals surface area contributed by atoms with Crippen LogP contribution in [0, 0.1) is 6.92 Å². The lowest BCUT2D eigenvalue weighted by Gasteiger charge is -2.32. The van der Waals surface area contributed by atoms with E-state index in [4.69, 9.17) is 11.6 Å². The molecule has 5 heteroatoms. The van der Waals surface area contributed by atoms with Gasteiger partial charge in [0, 0.05) is 24.0 Å². The van der Waals surface area contributed by atoms with Gasteiger partial charge in [0.25, 0.3) is 0 Å². The third-order valence-corrected chi connectivity index (χ3v) is 6.35. The zero-order valence-electron chi connectivity index (χ0n) is 20.1. The number of nitrogens with zero attached hydrogens (tertiary/aromatic N) is 1. The van der Waals surface area contributed by atoms with Gasteiger partial charge in [0.2, 0.25) is 11.8 Å². The number of halogens is 1. The summed E-state index contributed by atoms with van der Waals surface area (Å²) < 4.78 is 0. The molecule has 178 valence electrons. The van der Waals surface area contributed by atoms with E-state index < -0.39 is 6.04 Å². The Morgan fingerprint density at radius 2 is 1.62 bits per heavy atom. The number of rotatable bonds is 10. The highest BCUT2D eigenvalue weighted by molar-refractivity contribution is 6.30. The molecule has 0 radical (unpaired) electrons. The molecule has 4 nitrogen and oxygen atoms in total. The van der Waals surface area contributed by atoms with Crippen molar-refractivity contribution in [3.63, 3.8) is 0 Å². The predicted octanol–water partition coefficient (Wildman–Crippen LogP) is 5.75. The van der Waals surface area contributed by atoms with Gasteiger partial charge in [-0.1, -0.05) is 85.3 Å². The van der Waals surface area contributed by atoms with Crippen LogP contribution in [-0.2, 0) is 29.0 Å². The summed E-state index contributed by atoms with van der Waals surface area (Å²) in [6.07, 6.45) is 1.48. The van der Waals surface area contributed by atoms with Crippen LogP contribution in [0.5, 0.6) is 0 Å². The fourth-order valence-electron chi connectivity index (χ4n) is 3.90. The van der Waals surface area contributed by atoms with Gasteiger partial charge in [0.1, 0.15) is 6.04 Å². The molecule has 0 fully saturated rings. The van der Waals surface area contributed by atoms with E-state index in [1.165, 1.54) is 0 Å². The topological polar surface area (TPSA) is 49.4 Å². The SMILES string of the molecule is CCC(C)NC(=O)C(Cc1ccccc1)N(Cc1cccc(Cl)c1)C(=O)Cc1ccccc1C. The first kappa shape index (κ1) is 25.5. The van der Waals surface area contributed by atoms with Gasteiger partial charge in [-0.3, -0.25) is 9.59 Å². The highest BCUT2D eigenvalue weighted by Gasteiger charge is 2.31. The average Bonchev–Trinajstić information content (AvgIpc) is 2.83. The molecule has 0 aliphatic heterocycles. The van der Waals surface area contributed by atoms with Gasteiger partial charge in [0.05, 0.1) is 6.42 Å². The molecule has 0 spiro atoms. The maximum absolute atomic E-state index is 13.8. The summed E-state index contributed by atoms with van der Waals surface area (Å²) in [7, 11) is 0. The Kier molecular flexibility index (Phi) is 9.29. The molecule has 2 amide bonds. The molecule has 0 saturated heterocycles. The maximum Gasteiger partial charge on any atom is 0.243 e. The van der Waals surface area contributed by atoms with Crippen LogP contribution in [0.2, 0.25) is 5.02 Å². The van der Waals surface area contributed by atoms with Crippen LogP contribution in [0.4, 0.5) is 0 Å². The Morgan fingerprint density at radius 1 is 0.941 bits per heavy atom. The molecule has 0 aromatic heterocycles. The van der Waals surface area contributed by atoms with E-state index in [2.05, 4.69) is 5.32 Å². The van der Waals surface area contributed by atoms with Crippen LogP contribution < -0.4 is 5.32 Å². The van der Waals surface area contributed by atoms with Crippen LogP contribution in [0.15, 0.2) is 78.9 Å². The number of carbonyl (C=O) groups is 2. The van der Waals surface area contributed by atoms with Crippen LogP contribution in [-0.4, -0.2) is 28.8 Å². The molecular weight excluding hydrogens is 444 g/mol. The van der Waals surface area contributed by atoms with Gasteiger partial charge >= 0.3 is 0 Å². The van der Waals surface area contributed by atoms with Gasteiger partial charge in [-0.2, -0.15) is 0 Å². The first-order chi connectivity index (χ1) is 16.4. The normalized spacial score (nSPS) is 12.6. The Balaban J connectivity index is 1.98. The van der Waals surface area contributed by atoms with Crippen molar-refractivity contribution in [1.82, 2.24) is 10.2 Å². The molecule has 3 rings (SSSR count). The second kappa shape index (κ2) is 12.4. The minimum atomic E-state index is -0.646. The Morgan fingerprint density at radius 3 is 2.29 bits per heavy atom. The van der Waals surface area contributed by atoms with Gasteiger partial charge in [-0.05, 0) is 54.7 Å². The number of aryl methyl sites for hydroxylation is 1. The van der Waals surface area contributed by atoms with E-state index in [0.717, 1.165) is 28.7 Å². The first-order valence-corrected chi connectivity index (χ1v) is 12.2. The molecule has 2 atom stereocenters. The highest BCUT2D eigenvalue weighted by atomic mass is 35.5. The molecule has 0 bridgehead atoms. The number of hydrogen-bond donors (Lipinski definition) is 1. The Hall–Kier alpha value is -3.11. The summed E-state index contributed by atoms with van der Waals surface area (Å²) in [5.74, 6) is -0.229. The third-order valence-electron chi connectivity index (χ3n) is 6.12. The summed E-state index contributed by atoms with van der Waals surface area (Å²) in [4.78, 5) is 29.0. The van der Waals surface area contributed by atoms with Gasteiger partial charge in [-0.15, -0.1) is 0 Å². The number of hydrogen-bond acceptors (Lipinski definition) is 2. The quantitative estimate of drug-likeness (QED) is 0.405. The van der Waals surface area contributed by atoms with Gasteiger partial charge < -0.3 is 10.2 Å². The lowest BCUT2D eigenvalue weighted by atomic mass is 10.00. The van der Waals surface area contributed by atoms with Crippen LogP contribution in [0.25, 0.3) is 0 Å². The minimum absolute atomic E-state index is 0.0188. The van der Waals surface area contributed by atoms with Crippen molar-refractivity contribution < 1.29 is 9.59 Å². The number of amides is 2. The van der Waals surface area contributed by atoms with Crippen molar-refractivity contribution in [3.05, 3.63) is 106 Å². The van der Waals surface area contributed by atoms with E-state index in [0.29, 0.717) is 18.0 Å². The van der Waals surface area contributed by atoms with Crippen LogP contribution in [0.3, 0.4) is 0 Å². The number of carbonyl (C=O) groups excluding carboxylic acids is 2. The summed E-state index contributed by atoms with van der Waals surface area (Å²) >= 11 is 6.24. The zero-order chi connectivity index (χ0) is 24.5. The van der Waals surface area contributed by atoms with Crippen molar-refractivity contribution in [2.45, 2.75) is 58.7 Å². The van der Waals surface area contributed by atoms with E-state index in [-0.39, 0.29) is 24.3 Å². The number of benzene rings is 3. The maximum atomic E-state index is 13.8. The average molecular weight is 477 g/mol. The van der Waals surface area contributed by atoms with E-state index in [1.54, 1.807) is 4.90 Å². The molecule has 2 unspecified atom stereocenters. The molecule has 1 N–H and O–H groups in total. The lowest BCUT2D eigenvalue weighted by Crippen LogP contribution is -2.52. The highest BCUT2D eigenvalue weighted by Crippen LogP contribution is 2.19. The third kappa shape index (κ3) is 7.19. The molecule has 0 saturated carbocycles. The standard InChI is InChI=1S/C29H33ClN2O2/c1-4-22(3)31-29(34)27(18-23-12-6-5-7-13-23)32(20-24-14-10-16-26(30)17-24)28(33)19-25-15-9-8-11-21(25)2/h5-17,22,27H,4,18-20H2,1-3H3,(H,31,34). The second-order valence-corrected chi connectivity index (χ2v) is 9.21. The molecule has 0 aliphatic rings. The smallest absolute Gasteiger partial charge is 0.243 e. The largest absolute Gasteiger partial charge is 0.352 e. The molecule has 0 heterocycles. The summed E-state index contributed by atoms with van der Waals surface area (Å²) in [5, 5.41) is 3.70. The van der Waals surface area contributed by atoms with Crippen molar-refractivity contribution >= 4 is 23.4 Å². The number of nitrogens with one attached hydrogen (secondary N) is 1. The van der Waals surface area contributed by atoms with Crippen LogP contribution >= 0.6 is 11.6 Å². The molecule has 3 aromatic rings. The van der Waals surface area contributed by atoms with Crippen molar-refractivity contribution in [2.24, 2.45) is 0 Å². The van der Waals surface area contributed by atoms with Gasteiger partial charge in [-0.25, -0.2) is 0 Å². The lowest BCUT2D eigenvalue weighted by molar-refractivity contribution is -0.141. The summed E-state index contributed by atoms with van der Waals surface area (Å²) in [5.41, 5.74) is 3.92. The fraction of sp³-hybridized carbons (Fsp3) is 0.310. The second-order valence-electron chi connectivity index (χ2n) is 8.78. The molecule has 34 heavy (non-hydrogen) atoms. The monoisotopic (exact) mass is 476 g/mol. The van der Waals surface area contributed by atoms with E-state index in [9.17, 15) is 9.59 Å². The first-order valence-electron chi connectivity index (χ1n) is 11.8. The predicted molar refractivity (Wildman–Crippen MR) is 139 cm³/mol. The minimum Gasteiger partial charge on any atom is -0.352 e.